The third-order valence-corrected chi connectivity index (χ3v) is 2.89. The van der Waals surface area contributed by atoms with Crippen LogP contribution in [0.15, 0.2) is 23.7 Å². The van der Waals surface area contributed by atoms with E-state index in [1.54, 1.807) is 17.6 Å². The van der Waals surface area contributed by atoms with E-state index in [2.05, 4.69) is 15.3 Å². The van der Waals surface area contributed by atoms with E-state index in [4.69, 9.17) is 5.73 Å². The lowest BCUT2D eigenvalue weighted by atomic mass is 10.3. The van der Waals surface area contributed by atoms with E-state index >= 15 is 0 Å². The number of nitrogens with one attached hydrogen (secondary N) is 1. The molecule has 0 atom stereocenters. The van der Waals surface area contributed by atoms with E-state index in [-0.39, 0.29) is 5.91 Å². The van der Waals surface area contributed by atoms with E-state index in [0.717, 1.165) is 5.82 Å². The maximum Gasteiger partial charge on any atom is 0.275 e. The van der Waals surface area contributed by atoms with Crippen LogP contribution in [0.4, 0.5) is 16.6 Å². The van der Waals surface area contributed by atoms with Gasteiger partial charge in [-0.15, -0.1) is 11.3 Å². The van der Waals surface area contributed by atoms with Gasteiger partial charge in [0.2, 0.25) is 0 Å². The van der Waals surface area contributed by atoms with Gasteiger partial charge in [0.05, 0.1) is 11.9 Å². The Morgan fingerprint density at radius 1 is 1.44 bits per heavy atom. The number of nitrogen functional groups attached to an aromatic ring is 1. The van der Waals surface area contributed by atoms with Crippen LogP contribution in [-0.2, 0) is 0 Å². The fourth-order valence-electron chi connectivity index (χ4n) is 1.31. The molecule has 0 saturated carbocycles. The predicted molar refractivity (Wildman–Crippen MR) is 73.0 cm³/mol. The highest BCUT2D eigenvalue weighted by atomic mass is 32.1. The second-order valence-electron chi connectivity index (χ2n) is 3.82. The van der Waals surface area contributed by atoms with Crippen molar-refractivity contribution < 1.29 is 4.79 Å². The Morgan fingerprint density at radius 3 is 2.72 bits per heavy atom. The third kappa shape index (κ3) is 2.75. The second-order valence-corrected chi connectivity index (χ2v) is 4.71. The summed E-state index contributed by atoms with van der Waals surface area (Å²) in [5.74, 6) is 0.535. The summed E-state index contributed by atoms with van der Waals surface area (Å²) < 4.78 is 0. The van der Waals surface area contributed by atoms with Crippen LogP contribution in [0.1, 0.15) is 10.5 Å². The van der Waals surface area contributed by atoms with Crippen molar-refractivity contribution >= 4 is 33.9 Å². The number of nitrogens with two attached hydrogens (primary N) is 1. The molecule has 0 aliphatic rings. The molecular formula is C11H13N5OS. The van der Waals surface area contributed by atoms with Crippen LogP contribution in [0.2, 0.25) is 0 Å². The molecule has 2 aromatic heterocycles. The Kier molecular flexibility index (Phi) is 3.42. The number of hydrogen-bond donors (Lipinski definition) is 2. The number of hydrogen-bond acceptors (Lipinski definition) is 6. The van der Waals surface area contributed by atoms with E-state index < -0.39 is 0 Å². The van der Waals surface area contributed by atoms with Gasteiger partial charge in [-0.1, -0.05) is 0 Å². The maximum absolute atomic E-state index is 11.8. The molecule has 0 bridgehead atoms. The molecular weight excluding hydrogens is 250 g/mol. The highest BCUT2D eigenvalue weighted by Crippen LogP contribution is 2.15. The highest BCUT2D eigenvalue weighted by molar-refractivity contribution is 7.13. The van der Waals surface area contributed by atoms with Gasteiger partial charge >= 0.3 is 0 Å². The van der Waals surface area contributed by atoms with Crippen LogP contribution in [0.3, 0.4) is 0 Å². The Balaban J connectivity index is 2.07. The number of thiazole rings is 1. The predicted octanol–water partition coefficient (Wildman–Crippen LogP) is 1.44. The van der Waals surface area contributed by atoms with Crippen LogP contribution < -0.4 is 16.0 Å². The summed E-state index contributed by atoms with van der Waals surface area (Å²) >= 11 is 1.23. The Bertz CT molecular complexity index is 549. The molecule has 7 heteroatoms. The van der Waals surface area contributed by atoms with Gasteiger partial charge in [-0.25, -0.2) is 9.97 Å². The summed E-state index contributed by atoms with van der Waals surface area (Å²) in [6.07, 6.45) is 1.60. The summed E-state index contributed by atoms with van der Waals surface area (Å²) in [5, 5.41) is 4.70. The van der Waals surface area contributed by atoms with Crippen molar-refractivity contribution in [1.29, 1.82) is 0 Å². The van der Waals surface area contributed by atoms with Crippen molar-refractivity contribution in [2.75, 3.05) is 30.0 Å². The van der Waals surface area contributed by atoms with E-state index in [0.29, 0.717) is 16.5 Å². The van der Waals surface area contributed by atoms with Crippen molar-refractivity contribution in [3.63, 3.8) is 0 Å². The smallest absolute Gasteiger partial charge is 0.275 e. The van der Waals surface area contributed by atoms with Crippen molar-refractivity contribution in [2.24, 2.45) is 0 Å². The molecule has 6 nitrogen and oxygen atoms in total. The van der Waals surface area contributed by atoms with Crippen molar-refractivity contribution in [3.05, 3.63) is 29.4 Å². The van der Waals surface area contributed by atoms with Crippen molar-refractivity contribution in [3.8, 4) is 0 Å². The monoisotopic (exact) mass is 263 g/mol. The molecule has 94 valence electrons. The van der Waals surface area contributed by atoms with Crippen LogP contribution >= 0.6 is 11.3 Å². The molecule has 2 rings (SSSR count). The lowest BCUT2D eigenvalue weighted by molar-refractivity contribution is 0.102. The molecule has 0 aliphatic heterocycles. The van der Waals surface area contributed by atoms with Gasteiger partial charge < -0.3 is 16.0 Å². The number of carbonyl (C=O) groups is 1. The fraction of sp³-hybridized carbons (Fsp3) is 0.182. The number of aromatic nitrogens is 2. The zero-order valence-electron chi connectivity index (χ0n) is 10.0. The van der Waals surface area contributed by atoms with E-state index in [1.165, 1.54) is 11.3 Å². The van der Waals surface area contributed by atoms with Gasteiger partial charge in [0.1, 0.15) is 11.5 Å². The largest absolute Gasteiger partial charge is 0.375 e. The molecule has 0 fully saturated rings. The molecule has 0 unspecified atom stereocenters. The summed E-state index contributed by atoms with van der Waals surface area (Å²) in [6, 6.07) is 3.61. The lowest BCUT2D eigenvalue weighted by Gasteiger charge is -2.11. The first-order valence-corrected chi connectivity index (χ1v) is 6.10. The summed E-state index contributed by atoms with van der Waals surface area (Å²) in [4.78, 5) is 21.8. The number of rotatable bonds is 3. The van der Waals surface area contributed by atoms with Gasteiger partial charge in [-0.05, 0) is 12.1 Å². The molecule has 0 spiro atoms. The van der Waals surface area contributed by atoms with E-state index in [9.17, 15) is 4.79 Å². The number of carbonyl (C=O) groups excluding carboxylic acids is 1. The first kappa shape index (κ1) is 12.3. The van der Waals surface area contributed by atoms with E-state index in [1.807, 2.05) is 25.1 Å². The average molecular weight is 263 g/mol. The quantitative estimate of drug-likeness (QED) is 0.875. The minimum atomic E-state index is -0.289. The van der Waals surface area contributed by atoms with Gasteiger partial charge in [-0.2, -0.15) is 0 Å². The molecule has 1 amide bonds. The molecule has 0 aliphatic carbocycles. The first-order valence-electron chi connectivity index (χ1n) is 5.22. The molecule has 18 heavy (non-hydrogen) atoms. The summed E-state index contributed by atoms with van der Waals surface area (Å²) in [6.45, 7) is 0. The number of amides is 1. The Hall–Kier alpha value is -2.15. The lowest BCUT2D eigenvalue weighted by Crippen LogP contribution is -2.14. The summed E-state index contributed by atoms with van der Waals surface area (Å²) in [7, 11) is 3.80. The first-order chi connectivity index (χ1) is 8.56. The number of pyridine rings is 1. The zero-order valence-corrected chi connectivity index (χ0v) is 10.9. The van der Waals surface area contributed by atoms with Gasteiger partial charge in [0.25, 0.3) is 5.91 Å². The average Bonchev–Trinajstić information content (AvgIpc) is 2.76. The zero-order chi connectivity index (χ0) is 13.1. The standard InChI is InChI=1S/C11H13N5OS/c1-16(2)9-4-3-7(5-13-9)14-10(17)8-6-18-11(12)15-8/h3-6H,1-2H3,(H2,12,15)(H,14,17). The number of nitrogens with zero attached hydrogens (tertiary/aromatic N) is 3. The third-order valence-electron chi connectivity index (χ3n) is 2.22. The molecule has 0 aromatic carbocycles. The number of anilines is 3. The minimum Gasteiger partial charge on any atom is -0.375 e. The van der Waals surface area contributed by atoms with Crippen molar-refractivity contribution in [1.82, 2.24) is 9.97 Å². The van der Waals surface area contributed by atoms with Gasteiger partial charge in [-0.3, -0.25) is 4.79 Å². The fourth-order valence-corrected chi connectivity index (χ4v) is 1.85. The second kappa shape index (κ2) is 5.01. The van der Waals surface area contributed by atoms with Gasteiger partial charge in [0, 0.05) is 19.5 Å². The molecule has 0 saturated heterocycles. The van der Waals surface area contributed by atoms with Crippen molar-refractivity contribution in [2.45, 2.75) is 0 Å². The summed E-state index contributed by atoms with van der Waals surface area (Å²) in [5.41, 5.74) is 6.41. The maximum atomic E-state index is 11.8. The Labute approximate surface area is 108 Å². The molecule has 2 aromatic rings. The molecule has 0 radical (unpaired) electrons. The minimum absolute atomic E-state index is 0.289. The van der Waals surface area contributed by atoms with Gasteiger partial charge in [0.15, 0.2) is 5.13 Å². The SMILES string of the molecule is CN(C)c1ccc(NC(=O)c2csc(N)n2)cn1. The highest BCUT2D eigenvalue weighted by Gasteiger charge is 2.10. The Morgan fingerprint density at radius 2 is 2.22 bits per heavy atom. The normalized spacial score (nSPS) is 10.1. The van der Waals surface area contributed by atoms with Crippen LogP contribution in [0.5, 0.6) is 0 Å². The van der Waals surface area contributed by atoms with Crippen LogP contribution in [0.25, 0.3) is 0 Å². The molecule has 3 N–H and O–H groups in total. The molecule has 2 heterocycles. The van der Waals surface area contributed by atoms with Crippen LogP contribution in [0, 0.1) is 0 Å². The van der Waals surface area contributed by atoms with Crippen LogP contribution in [-0.4, -0.2) is 30.0 Å². The topological polar surface area (TPSA) is 84.1 Å².